The first-order valence-electron chi connectivity index (χ1n) is 6.99. The van der Waals surface area contributed by atoms with E-state index in [1.54, 1.807) is 0 Å². The summed E-state index contributed by atoms with van der Waals surface area (Å²) in [4.78, 5) is 23.2. The molecule has 1 heterocycles. The van der Waals surface area contributed by atoms with Gasteiger partial charge in [-0.05, 0) is 35.4 Å². The number of amides is 2. The maximum atomic E-state index is 12.0. The van der Waals surface area contributed by atoms with Crippen LogP contribution >= 0.6 is 0 Å². The minimum Gasteiger partial charge on any atom is -0.296 e. The molecule has 0 bridgehead atoms. The fraction of sp³-hybridized carbons (Fsp3) is 0.500. The minimum atomic E-state index is -0.172. The first kappa shape index (κ1) is 13.8. The molecule has 1 aliphatic heterocycles. The first-order valence-corrected chi connectivity index (χ1v) is 6.99. The van der Waals surface area contributed by atoms with E-state index in [4.69, 9.17) is 0 Å². The summed E-state index contributed by atoms with van der Waals surface area (Å²) < 4.78 is 0. The van der Waals surface area contributed by atoms with E-state index >= 15 is 0 Å². The highest BCUT2D eigenvalue weighted by Gasteiger charge is 2.29. The molecule has 2 rings (SSSR count). The molecular weight excluding hydrogens is 238 g/mol. The Balaban J connectivity index is 2.34. The normalized spacial score (nSPS) is 19.7. The molecule has 0 radical (unpaired) electrons. The average molecular weight is 259 g/mol. The van der Waals surface area contributed by atoms with Crippen LogP contribution in [0.4, 0.5) is 0 Å². The molecule has 1 fully saturated rings. The maximum Gasteiger partial charge on any atom is 0.234 e. The molecule has 0 spiro atoms. The number of imide groups is 1. The van der Waals surface area contributed by atoms with Crippen molar-refractivity contribution in [1.29, 1.82) is 0 Å². The van der Waals surface area contributed by atoms with Gasteiger partial charge in [-0.2, -0.15) is 0 Å². The molecule has 102 valence electrons. The number of hydrogen-bond donors (Lipinski definition) is 1. The fourth-order valence-corrected chi connectivity index (χ4v) is 2.62. The van der Waals surface area contributed by atoms with Crippen molar-refractivity contribution in [2.24, 2.45) is 0 Å². The van der Waals surface area contributed by atoms with E-state index < -0.39 is 0 Å². The number of rotatable bonds is 3. The molecule has 19 heavy (non-hydrogen) atoms. The number of aryl methyl sites for hydroxylation is 1. The maximum absolute atomic E-state index is 12.0. The van der Waals surface area contributed by atoms with Crippen molar-refractivity contribution in [3.8, 4) is 0 Å². The lowest BCUT2D eigenvalue weighted by molar-refractivity contribution is -0.134. The summed E-state index contributed by atoms with van der Waals surface area (Å²) in [5, 5.41) is 2.44. The summed E-state index contributed by atoms with van der Waals surface area (Å²) >= 11 is 0. The van der Waals surface area contributed by atoms with Crippen molar-refractivity contribution < 1.29 is 9.59 Å². The van der Waals surface area contributed by atoms with Gasteiger partial charge in [0, 0.05) is 6.42 Å². The largest absolute Gasteiger partial charge is 0.296 e. The van der Waals surface area contributed by atoms with Gasteiger partial charge in [0.25, 0.3) is 0 Å². The first-order chi connectivity index (χ1) is 9.02. The van der Waals surface area contributed by atoms with E-state index in [0.29, 0.717) is 18.8 Å². The summed E-state index contributed by atoms with van der Waals surface area (Å²) in [5.74, 6) is 0.0105. The van der Waals surface area contributed by atoms with Gasteiger partial charge in [0.1, 0.15) is 0 Å². The standard InChI is InChI=1S/C16H21NO2/c1-4-11-9-12(10(2)3)5-6-13(11)14-7-8-15(18)17-16(14)19/h5-6,9-10,14H,4,7-8H2,1-3H3,(H,17,18,19)/t14-/m0/s1. The van der Waals surface area contributed by atoms with Crippen LogP contribution in [0.5, 0.6) is 0 Å². The van der Waals surface area contributed by atoms with Crippen molar-refractivity contribution in [1.82, 2.24) is 5.32 Å². The summed E-state index contributed by atoms with van der Waals surface area (Å²) in [6.07, 6.45) is 1.97. The quantitative estimate of drug-likeness (QED) is 0.848. The smallest absolute Gasteiger partial charge is 0.234 e. The highest BCUT2D eigenvalue weighted by atomic mass is 16.2. The molecule has 1 aliphatic rings. The van der Waals surface area contributed by atoms with Crippen LogP contribution in [0.25, 0.3) is 0 Å². The van der Waals surface area contributed by atoms with Crippen LogP contribution in [-0.4, -0.2) is 11.8 Å². The Labute approximate surface area is 114 Å². The van der Waals surface area contributed by atoms with Gasteiger partial charge in [-0.25, -0.2) is 0 Å². The van der Waals surface area contributed by atoms with E-state index in [9.17, 15) is 9.59 Å². The Morgan fingerprint density at radius 2 is 2.05 bits per heavy atom. The Hall–Kier alpha value is -1.64. The third kappa shape index (κ3) is 2.86. The van der Waals surface area contributed by atoms with Gasteiger partial charge in [0.15, 0.2) is 0 Å². The minimum absolute atomic E-state index is 0.150. The van der Waals surface area contributed by atoms with Gasteiger partial charge in [-0.15, -0.1) is 0 Å². The fourth-order valence-electron chi connectivity index (χ4n) is 2.62. The molecule has 0 saturated carbocycles. The number of hydrogen-bond acceptors (Lipinski definition) is 2. The van der Waals surface area contributed by atoms with Gasteiger partial charge in [-0.1, -0.05) is 39.0 Å². The molecule has 1 atom stereocenters. The van der Waals surface area contributed by atoms with E-state index in [1.165, 1.54) is 11.1 Å². The van der Waals surface area contributed by atoms with Crippen LogP contribution in [0.3, 0.4) is 0 Å². The molecule has 2 amide bonds. The van der Waals surface area contributed by atoms with Crippen LogP contribution < -0.4 is 5.32 Å². The topological polar surface area (TPSA) is 46.2 Å². The Morgan fingerprint density at radius 3 is 2.63 bits per heavy atom. The molecule has 3 heteroatoms. The number of carbonyl (C=O) groups is 2. The van der Waals surface area contributed by atoms with E-state index in [-0.39, 0.29) is 17.7 Å². The molecule has 0 aliphatic carbocycles. The molecule has 1 aromatic carbocycles. The number of piperidine rings is 1. The highest BCUT2D eigenvalue weighted by molar-refractivity contribution is 6.01. The van der Waals surface area contributed by atoms with Gasteiger partial charge in [0.05, 0.1) is 5.92 Å². The molecule has 0 aromatic heterocycles. The van der Waals surface area contributed by atoms with Gasteiger partial charge >= 0.3 is 0 Å². The van der Waals surface area contributed by atoms with Gasteiger partial charge < -0.3 is 0 Å². The van der Waals surface area contributed by atoms with E-state index in [1.807, 2.05) is 0 Å². The molecule has 1 saturated heterocycles. The molecular formula is C16H21NO2. The number of nitrogens with one attached hydrogen (secondary N) is 1. The molecule has 1 N–H and O–H groups in total. The number of benzene rings is 1. The van der Waals surface area contributed by atoms with Crippen molar-refractivity contribution in [2.45, 2.75) is 51.9 Å². The second-order valence-corrected chi connectivity index (χ2v) is 5.47. The highest BCUT2D eigenvalue weighted by Crippen LogP contribution is 2.30. The second-order valence-electron chi connectivity index (χ2n) is 5.47. The zero-order valence-corrected chi connectivity index (χ0v) is 11.8. The summed E-state index contributed by atoms with van der Waals surface area (Å²) in [6.45, 7) is 6.44. The predicted molar refractivity (Wildman–Crippen MR) is 75.0 cm³/mol. The van der Waals surface area contributed by atoms with E-state index in [2.05, 4.69) is 44.3 Å². The van der Waals surface area contributed by atoms with Gasteiger partial charge in [0.2, 0.25) is 11.8 Å². The molecule has 3 nitrogen and oxygen atoms in total. The predicted octanol–water partition coefficient (Wildman–Crippen LogP) is 2.89. The zero-order valence-electron chi connectivity index (χ0n) is 11.8. The van der Waals surface area contributed by atoms with E-state index in [0.717, 1.165) is 12.0 Å². The average Bonchev–Trinajstić information content (AvgIpc) is 2.38. The lowest BCUT2D eigenvalue weighted by Crippen LogP contribution is -2.39. The Morgan fingerprint density at radius 1 is 1.32 bits per heavy atom. The van der Waals surface area contributed by atoms with Gasteiger partial charge in [-0.3, -0.25) is 14.9 Å². The van der Waals surface area contributed by atoms with Crippen LogP contribution in [0.1, 0.15) is 62.1 Å². The van der Waals surface area contributed by atoms with Crippen LogP contribution in [-0.2, 0) is 16.0 Å². The van der Waals surface area contributed by atoms with Crippen molar-refractivity contribution >= 4 is 11.8 Å². The van der Waals surface area contributed by atoms with Crippen LogP contribution in [0, 0.1) is 0 Å². The second kappa shape index (κ2) is 5.55. The lowest BCUT2D eigenvalue weighted by atomic mass is 9.85. The van der Waals surface area contributed by atoms with Crippen molar-refractivity contribution in [2.75, 3.05) is 0 Å². The third-order valence-corrected chi connectivity index (χ3v) is 3.83. The molecule has 0 unspecified atom stereocenters. The Bertz CT molecular complexity index is 505. The summed E-state index contributed by atoms with van der Waals surface area (Å²) in [5.41, 5.74) is 3.60. The van der Waals surface area contributed by atoms with Crippen LogP contribution in [0.15, 0.2) is 18.2 Å². The van der Waals surface area contributed by atoms with Crippen molar-refractivity contribution in [3.63, 3.8) is 0 Å². The van der Waals surface area contributed by atoms with Crippen LogP contribution in [0.2, 0.25) is 0 Å². The number of carbonyl (C=O) groups excluding carboxylic acids is 2. The third-order valence-electron chi connectivity index (χ3n) is 3.83. The Kier molecular flexibility index (Phi) is 4.03. The lowest BCUT2D eigenvalue weighted by Gasteiger charge is -2.24. The summed E-state index contributed by atoms with van der Waals surface area (Å²) in [7, 11) is 0. The molecule has 1 aromatic rings. The SMILES string of the molecule is CCc1cc(C(C)C)ccc1[C@@H]1CCC(=O)NC1=O. The van der Waals surface area contributed by atoms with Crippen molar-refractivity contribution in [3.05, 3.63) is 34.9 Å². The summed E-state index contributed by atoms with van der Waals surface area (Å²) in [6, 6.07) is 6.36. The monoisotopic (exact) mass is 259 g/mol. The zero-order chi connectivity index (χ0) is 14.0.